The average Bonchev–Trinajstić information content (AvgIpc) is 2.69. The molecule has 1 atom stereocenters. The topological polar surface area (TPSA) is 81.4 Å². The minimum absolute atomic E-state index is 0.0190. The van der Waals surface area contributed by atoms with Crippen LogP contribution in [0.1, 0.15) is 34.0 Å². The van der Waals surface area contributed by atoms with Crippen molar-refractivity contribution in [1.29, 1.82) is 0 Å². The van der Waals surface area contributed by atoms with Crippen LogP contribution in [0.5, 0.6) is 0 Å². The van der Waals surface area contributed by atoms with E-state index in [1.54, 1.807) is 25.1 Å². The molecule has 1 aliphatic rings. The number of esters is 1. The van der Waals surface area contributed by atoms with Gasteiger partial charge in [0.1, 0.15) is 0 Å². The summed E-state index contributed by atoms with van der Waals surface area (Å²) in [6.07, 6.45) is -2.60. The van der Waals surface area contributed by atoms with E-state index in [9.17, 15) is 22.8 Å². The Kier molecular flexibility index (Phi) is 8.53. The number of aldehydes is 1. The third-order valence-corrected chi connectivity index (χ3v) is 5.73. The minimum Gasteiger partial charge on any atom is -0.463 e. The molecular formula is C22H21Br2F3N2O3. The molecule has 10 heteroatoms. The maximum atomic E-state index is 13.2. The maximum Gasteiger partial charge on any atom is 0.413 e. The zero-order chi connectivity index (χ0) is 24.2. The van der Waals surface area contributed by atoms with E-state index < -0.39 is 23.8 Å². The number of hydrogen-bond acceptors (Lipinski definition) is 5. The molecule has 172 valence electrons. The lowest BCUT2D eigenvalue weighted by molar-refractivity contribution is -0.150. The van der Waals surface area contributed by atoms with Gasteiger partial charge >= 0.3 is 12.1 Å². The van der Waals surface area contributed by atoms with Gasteiger partial charge in [-0.3, -0.25) is 4.79 Å². The SMILES string of the molecule is CCOC(=O)C1=Cc2cc(C)cc(Br)c2NC1C(F)(F)F.Cc1cc(Br)c(N)c(C=O)c1. The number of alkyl halides is 3. The molecule has 0 aromatic heterocycles. The van der Waals surface area contributed by atoms with Gasteiger partial charge in [-0.1, -0.05) is 0 Å². The number of carbonyl (C=O) groups excluding carboxylic acids is 2. The van der Waals surface area contributed by atoms with E-state index in [0.29, 0.717) is 27.0 Å². The number of carbonyl (C=O) groups is 2. The Hall–Kier alpha value is -2.33. The zero-order valence-electron chi connectivity index (χ0n) is 17.4. The highest BCUT2D eigenvalue weighted by atomic mass is 79.9. The molecule has 1 unspecified atom stereocenters. The van der Waals surface area contributed by atoms with Crippen molar-refractivity contribution >= 4 is 61.6 Å². The molecule has 0 spiro atoms. The predicted octanol–water partition coefficient (Wildman–Crippen LogP) is 6.21. The van der Waals surface area contributed by atoms with Crippen LogP contribution >= 0.6 is 31.9 Å². The third kappa shape index (κ3) is 6.13. The van der Waals surface area contributed by atoms with Crippen LogP contribution in [0.25, 0.3) is 6.08 Å². The van der Waals surface area contributed by atoms with Crippen LogP contribution < -0.4 is 11.1 Å². The number of nitrogens with two attached hydrogens (primary N) is 1. The molecule has 32 heavy (non-hydrogen) atoms. The molecule has 1 heterocycles. The molecule has 0 amide bonds. The standard InChI is InChI=1S/C14H13BrF3NO2.C8H8BrNO/c1-3-21-13(20)9-6-8-4-7(2)5-10(15)11(8)19-12(9)14(16,17)18;1-5-2-6(4-11)8(10)7(9)3-5/h4-6,12,19H,3H2,1-2H3;2-4H,10H2,1H3. The number of benzene rings is 2. The van der Waals surface area contributed by atoms with Crippen LogP contribution in [0.4, 0.5) is 24.5 Å². The fourth-order valence-electron chi connectivity index (χ4n) is 3.04. The Morgan fingerprint density at radius 2 is 1.75 bits per heavy atom. The summed E-state index contributed by atoms with van der Waals surface area (Å²) < 4.78 is 45.5. The summed E-state index contributed by atoms with van der Waals surface area (Å²) in [5.74, 6) is -0.962. The Bertz CT molecular complexity index is 1070. The van der Waals surface area contributed by atoms with Crippen LogP contribution in [-0.4, -0.2) is 31.1 Å². The van der Waals surface area contributed by atoms with Crippen molar-refractivity contribution in [3.8, 4) is 0 Å². The van der Waals surface area contributed by atoms with Gasteiger partial charge in [-0.05, 0) is 99.7 Å². The second kappa shape index (κ2) is 10.5. The van der Waals surface area contributed by atoms with E-state index in [2.05, 4.69) is 37.2 Å². The van der Waals surface area contributed by atoms with E-state index in [1.807, 2.05) is 19.9 Å². The van der Waals surface area contributed by atoms with E-state index in [0.717, 1.165) is 21.9 Å². The number of nitrogens with one attached hydrogen (secondary N) is 1. The Morgan fingerprint density at radius 1 is 1.16 bits per heavy atom. The monoisotopic (exact) mass is 576 g/mol. The largest absolute Gasteiger partial charge is 0.463 e. The molecule has 0 bridgehead atoms. The smallest absolute Gasteiger partial charge is 0.413 e. The van der Waals surface area contributed by atoms with Crippen molar-refractivity contribution in [1.82, 2.24) is 0 Å². The highest BCUT2D eigenvalue weighted by molar-refractivity contribution is 9.11. The van der Waals surface area contributed by atoms with E-state index in [4.69, 9.17) is 10.5 Å². The van der Waals surface area contributed by atoms with E-state index in [1.165, 1.54) is 6.08 Å². The first-order chi connectivity index (χ1) is 14.9. The fraction of sp³-hybridized carbons (Fsp3) is 0.273. The van der Waals surface area contributed by atoms with Gasteiger partial charge in [-0.15, -0.1) is 0 Å². The molecule has 5 nitrogen and oxygen atoms in total. The lowest BCUT2D eigenvalue weighted by Gasteiger charge is -2.29. The Labute approximate surface area is 200 Å². The summed E-state index contributed by atoms with van der Waals surface area (Å²) in [6, 6.07) is 4.97. The van der Waals surface area contributed by atoms with Crippen molar-refractivity contribution in [2.75, 3.05) is 17.7 Å². The van der Waals surface area contributed by atoms with Gasteiger partial charge in [0.25, 0.3) is 0 Å². The molecule has 0 saturated carbocycles. The number of nitrogen functional groups attached to an aromatic ring is 1. The second-order valence-electron chi connectivity index (χ2n) is 7.02. The number of aryl methyl sites for hydroxylation is 2. The van der Waals surface area contributed by atoms with E-state index in [-0.39, 0.29) is 6.61 Å². The molecule has 0 saturated heterocycles. The van der Waals surface area contributed by atoms with Crippen LogP contribution in [0.3, 0.4) is 0 Å². The van der Waals surface area contributed by atoms with Gasteiger partial charge in [0.05, 0.1) is 23.6 Å². The maximum absolute atomic E-state index is 13.2. The van der Waals surface area contributed by atoms with Gasteiger partial charge in [-0.2, -0.15) is 13.2 Å². The minimum atomic E-state index is -4.60. The number of hydrogen-bond donors (Lipinski definition) is 2. The number of ether oxygens (including phenoxy) is 1. The number of fused-ring (bicyclic) bond motifs is 1. The summed E-state index contributed by atoms with van der Waals surface area (Å²) >= 11 is 6.49. The first-order valence-corrected chi connectivity index (χ1v) is 11.0. The molecule has 1 aliphatic heterocycles. The molecule has 3 rings (SSSR count). The van der Waals surface area contributed by atoms with Crippen LogP contribution in [0.15, 0.2) is 38.8 Å². The molecule has 3 N–H and O–H groups in total. The van der Waals surface area contributed by atoms with Crippen LogP contribution in [0.2, 0.25) is 0 Å². The van der Waals surface area contributed by atoms with Crippen molar-refractivity contribution in [2.24, 2.45) is 0 Å². The quantitative estimate of drug-likeness (QED) is 0.257. The van der Waals surface area contributed by atoms with Crippen molar-refractivity contribution in [2.45, 2.75) is 33.0 Å². The normalized spacial score (nSPS) is 14.9. The van der Waals surface area contributed by atoms with Crippen molar-refractivity contribution < 1.29 is 27.5 Å². The Morgan fingerprint density at radius 3 is 2.31 bits per heavy atom. The predicted molar refractivity (Wildman–Crippen MR) is 126 cm³/mol. The number of halogens is 5. The second-order valence-corrected chi connectivity index (χ2v) is 8.73. The number of rotatable bonds is 3. The van der Waals surface area contributed by atoms with Crippen LogP contribution in [-0.2, 0) is 9.53 Å². The first kappa shape index (κ1) is 25.9. The molecule has 0 aliphatic carbocycles. The Balaban J connectivity index is 0.000000278. The highest BCUT2D eigenvalue weighted by Crippen LogP contribution is 2.39. The summed E-state index contributed by atoms with van der Waals surface area (Å²) in [6.45, 7) is 5.30. The zero-order valence-corrected chi connectivity index (χ0v) is 20.6. The molecule has 0 radical (unpaired) electrons. The summed E-state index contributed by atoms with van der Waals surface area (Å²) in [7, 11) is 0. The number of anilines is 2. The van der Waals surface area contributed by atoms with Gasteiger partial charge in [-0.25, -0.2) is 4.79 Å². The van der Waals surface area contributed by atoms with Gasteiger partial charge in [0.2, 0.25) is 0 Å². The van der Waals surface area contributed by atoms with Crippen LogP contribution in [0, 0.1) is 13.8 Å². The molecule has 0 fully saturated rings. The lowest BCUT2D eigenvalue weighted by Crippen LogP contribution is -2.42. The lowest BCUT2D eigenvalue weighted by atomic mass is 9.96. The molecule has 2 aromatic rings. The molecular weight excluding hydrogens is 557 g/mol. The average molecular weight is 578 g/mol. The third-order valence-electron chi connectivity index (χ3n) is 4.45. The highest BCUT2D eigenvalue weighted by Gasteiger charge is 2.46. The van der Waals surface area contributed by atoms with Gasteiger partial charge in [0, 0.05) is 14.5 Å². The summed E-state index contributed by atoms with van der Waals surface area (Å²) in [5.41, 5.74) is 8.92. The fourth-order valence-corrected chi connectivity index (χ4v) is 4.33. The van der Waals surface area contributed by atoms with Gasteiger partial charge in [0.15, 0.2) is 12.3 Å². The van der Waals surface area contributed by atoms with Crippen molar-refractivity contribution in [3.05, 3.63) is 61.0 Å². The van der Waals surface area contributed by atoms with E-state index >= 15 is 0 Å². The summed E-state index contributed by atoms with van der Waals surface area (Å²) in [5, 5.41) is 2.38. The van der Waals surface area contributed by atoms with Crippen molar-refractivity contribution in [3.63, 3.8) is 0 Å². The molecule has 2 aromatic carbocycles. The van der Waals surface area contributed by atoms with Gasteiger partial charge < -0.3 is 15.8 Å². The first-order valence-electron chi connectivity index (χ1n) is 9.41. The summed E-state index contributed by atoms with van der Waals surface area (Å²) in [4.78, 5) is 22.2.